The minimum atomic E-state index is -0.279. The van der Waals surface area contributed by atoms with Gasteiger partial charge in [-0.05, 0) is 66.7 Å². The highest BCUT2D eigenvalue weighted by Crippen LogP contribution is 2.31. The van der Waals surface area contributed by atoms with Crippen LogP contribution >= 0.6 is 11.6 Å². The summed E-state index contributed by atoms with van der Waals surface area (Å²) in [5, 5.41) is 3.45. The van der Waals surface area contributed by atoms with Crippen LogP contribution in [0.4, 0.5) is 5.69 Å². The van der Waals surface area contributed by atoms with Crippen LogP contribution in [0.2, 0.25) is 5.02 Å². The molecular weight excluding hydrogens is 492 g/mol. The predicted molar refractivity (Wildman–Crippen MR) is 141 cm³/mol. The van der Waals surface area contributed by atoms with E-state index >= 15 is 0 Å². The van der Waals surface area contributed by atoms with Gasteiger partial charge in [-0.25, -0.2) is 0 Å². The van der Waals surface area contributed by atoms with E-state index in [2.05, 4.69) is 5.32 Å². The average Bonchev–Trinajstić information content (AvgIpc) is 3.36. The summed E-state index contributed by atoms with van der Waals surface area (Å²) in [5.41, 5.74) is 3.07. The van der Waals surface area contributed by atoms with Crippen molar-refractivity contribution in [2.75, 3.05) is 25.6 Å². The highest BCUT2D eigenvalue weighted by atomic mass is 35.5. The van der Waals surface area contributed by atoms with Crippen LogP contribution in [0.3, 0.4) is 0 Å². The molecule has 0 aliphatic carbocycles. The molecule has 2 amide bonds. The number of amides is 2. The number of hydrogen-bond acceptors (Lipinski definition) is 5. The molecule has 2 heterocycles. The van der Waals surface area contributed by atoms with Gasteiger partial charge in [0.1, 0.15) is 23.0 Å². The second kappa shape index (κ2) is 10.8. The van der Waals surface area contributed by atoms with Gasteiger partial charge in [0, 0.05) is 46.9 Å². The van der Waals surface area contributed by atoms with E-state index in [0.717, 1.165) is 16.9 Å². The Morgan fingerprint density at radius 2 is 1.76 bits per heavy atom. The third-order valence-electron chi connectivity index (χ3n) is 6.11. The number of methoxy groups -OCH3 is 1. The summed E-state index contributed by atoms with van der Waals surface area (Å²) in [5.74, 6) is 2.54. The van der Waals surface area contributed by atoms with Gasteiger partial charge in [0.25, 0.3) is 11.8 Å². The zero-order chi connectivity index (χ0) is 25.8. The number of carbonyl (C=O) groups is 2. The molecule has 3 aromatic carbocycles. The SMILES string of the molecule is COc1ccc(C(=O)N2CCc3oc(-c4cccc(NC(=O)COc5ccc(Cl)cc5)c4)cc3C2)cc1. The van der Waals surface area contributed by atoms with Gasteiger partial charge >= 0.3 is 0 Å². The minimum absolute atomic E-state index is 0.0263. The molecule has 0 fully saturated rings. The van der Waals surface area contributed by atoms with E-state index < -0.39 is 0 Å². The van der Waals surface area contributed by atoms with Gasteiger partial charge in [-0.2, -0.15) is 0 Å². The van der Waals surface area contributed by atoms with Gasteiger partial charge in [-0.15, -0.1) is 0 Å². The summed E-state index contributed by atoms with van der Waals surface area (Å²) in [6.07, 6.45) is 0.635. The number of rotatable bonds is 7. The van der Waals surface area contributed by atoms with Crippen LogP contribution in [0.25, 0.3) is 11.3 Å². The molecule has 7 nitrogen and oxygen atoms in total. The first-order valence-electron chi connectivity index (χ1n) is 11.8. The molecule has 0 unspecified atom stereocenters. The minimum Gasteiger partial charge on any atom is -0.497 e. The molecular formula is C29H25ClN2O5. The second-order valence-corrected chi connectivity index (χ2v) is 9.07. The maximum Gasteiger partial charge on any atom is 0.262 e. The summed E-state index contributed by atoms with van der Waals surface area (Å²) in [4.78, 5) is 27.2. The molecule has 0 saturated carbocycles. The number of furan rings is 1. The summed E-state index contributed by atoms with van der Waals surface area (Å²) >= 11 is 5.87. The molecule has 188 valence electrons. The molecule has 0 spiro atoms. The van der Waals surface area contributed by atoms with Crippen molar-refractivity contribution >= 4 is 29.1 Å². The number of halogens is 1. The Hall–Kier alpha value is -4.23. The highest BCUT2D eigenvalue weighted by molar-refractivity contribution is 6.30. The molecule has 1 aliphatic rings. The zero-order valence-corrected chi connectivity index (χ0v) is 21.0. The number of benzene rings is 3. The molecule has 1 aliphatic heterocycles. The maximum atomic E-state index is 13.0. The van der Waals surface area contributed by atoms with Crippen molar-refractivity contribution in [3.05, 3.63) is 101 Å². The lowest BCUT2D eigenvalue weighted by molar-refractivity contribution is -0.118. The van der Waals surface area contributed by atoms with Gasteiger partial charge in [-0.1, -0.05) is 23.7 Å². The molecule has 8 heteroatoms. The molecule has 37 heavy (non-hydrogen) atoms. The normalized spacial score (nSPS) is 12.5. The van der Waals surface area contributed by atoms with Crippen LogP contribution in [0.1, 0.15) is 21.7 Å². The lowest BCUT2D eigenvalue weighted by Gasteiger charge is -2.26. The number of anilines is 1. The Morgan fingerprint density at radius 3 is 2.51 bits per heavy atom. The van der Waals surface area contributed by atoms with Gasteiger partial charge in [0.15, 0.2) is 6.61 Å². The van der Waals surface area contributed by atoms with E-state index in [1.165, 1.54) is 0 Å². The zero-order valence-electron chi connectivity index (χ0n) is 20.2. The topological polar surface area (TPSA) is 81.0 Å². The lowest BCUT2D eigenvalue weighted by Crippen LogP contribution is -2.35. The molecule has 0 bridgehead atoms. The van der Waals surface area contributed by atoms with E-state index in [1.807, 2.05) is 35.2 Å². The molecule has 0 atom stereocenters. The number of carbonyl (C=O) groups excluding carboxylic acids is 2. The van der Waals surface area contributed by atoms with Crippen molar-refractivity contribution in [3.8, 4) is 22.8 Å². The molecule has 5 rings (SSSR count). The largest absolute Gasteiger partial charge is 0.497 e. The summed E-state index contributed by atoms with van der Waals surface area (Å²) in [6, 6.07) is 23.3. The van der Waals surface area contributed by atoms with E-state index in [4.69, 9.17) is 25.5 Å². The van der Waals surface area contributed by atoms with E-state index in [0.29, 0.717) is 53.0 Å². The molecule has 1 aromatic heterocycles. The van der Waals surface area contributed by atoms with Crippen molar-refractivity contribution < 1.29 is 23.5 Å². The highest BCUT2D eigenvalue weighted by Gasteiger charge is 2.25. The van der Waals surface area contributed by atoms with E-state index in [1.54, 1.807) is 55.6 Å². The monoisotopic (exact) mass is 516 g/mol. The van der Waals surface area contributed by atoms with Gasteiger partial charge in [-0.3, -0.25) is 9.59 Å². The lowest BCUT2D eigenvalue weighted by atomic mass is 10.1. The number of nitrogens with one attached hydrogen (secondary N) is 1. The first kappa shape index (κ1) is 24.5. The third kappa shape index (κ3) is 5.78. The summed E-state index contributed by atoms with van der Waals surface area (Å²) in [7, 11) is 1.60. The molecule has 1 N–H and O–H groups in total. The van der Waals surface area contributed by atoms with Gasteiger partial charge in [0.05, 0.1) is 7.11 Å². The van der Waals surface area contributed by atoms with Gasteiger partial charge < -0.3 is 24.1 Å². The fourth-order valence-electron chi connectivity index (χ4n) is 4.19. The maximum absolute atomic E-state index is 13.0. The van der Waals surface area contributed by atoms with E-state index in [-0.39, 0.29) is 18.4 Å². The number of ether oxygens (including phenoxy) is 2. The van der Waals surface area contributed by atoms with Crippen molar-refractivity contribution in [2.24, 2.45) is 0 Å². The summed E-state index contributed by atoms with van der Waals surface area (Å²) in [6.45, 7) is 0.926. The number of fused-ring (bicyclic) bond motifs is 1. The van der Waals surface area contributed by atoms with E-state index in [9.17, 15) is 9.59 Å². The Labute approximate surface area is 219 Å². The predicted octanol–water partition coefficient (Wildman–Crippen LogP) is 5.82. The Kier molecular flexibility index (Phi) is 7.14. The first-order valence-corrected chi connectivity index (χ1v) is 12.2. The van der Waals surface area contributed by atoms with Crippen molar-refractivity contribution in [1.29, 1.82) is 0 Å². The second-order valence-electron chi connectivity index (χ2n) is 8.64. The Morgan fingerprint density at radius 1 is 1.00 bits per heavy atom. The van der Waals surface area contributed by atoms with Crippen molar-refractivity contribution in [2.45, 2.75) is 13.0 Å². The standard InChI is InChI=1S/C29H25ClN2O5/c1-35-24-9-5-19(6-10-24)29(34)32-14-13-26-21(17-32)16-27(37-26)20-3-2-4-23(15-20)31-28(33)18-36-25-11-7-22(30)8-12-25/h2-12,15-16H,13-14,17-18H2,1H3,(H,31,33). The summed E-state index contributed by atoms with van der Waals surface area (Å²) < 4.78 is 16.8. The van der Waals surface area contributed by atoms with Crippen LogP contribution in [0.15, 0.2) is 83.3 Å². The average molecular weight is 517 g/mol. The third-order valence-corrected chi connectivity index (χ3v) is 6.36. The van der Waals surface area contributed by atoms with Crippen LogP contribution in [0, 0.1) is 0 Å². The Bertz CT molecular complexity index is 1410. The molecule has 0 saturated heterocycles. The number of nitrogens with zero attached hydrogens (tertiary/aromatic N) is 1. The smallest absolute Gasteiger partial charge is 0.262 e. The van der Waals surface area contributed by atoms with Crippen LogP contribution in [0.5, 0.6) is 11.5 Å². The quantitative estimate of drug-likeness (QED) is 0.334. The van der Waals surface area contributed by atoms with Crippen LogP contribution in [-0.2, 0) is 17.8 Å². The van der Waals surface area contributed by atoms with Crippen LogP contribution in [-0.4, -0.2) is 37.0 Å². The van der Waals surface area contributed by atoms with Crippen molar-refractivity contribution in [1.82, 2.24) is 4.90 Å². The van der Waals surface area contributed by atoms with Gasteiger partial charge in [0.2, 0.25) is 0 Å². The molecule has 4 aromatic rings. The first-order chi connectivity index (χ1) is 18.0. The van der Waals surface area contributed by atoms with Crippen LogP contribution < -0.4 is 14.8 Å². The molecule has 0 radical (unpaired) electrons. The number of hydrogen-bond donors (Lipinski definition) is 1. The Balaban J connectivity index is 1.23. The van der Waals surface area contributed by atoms with Crippen molar-refractivity contribution in [3.63, 3.8) is 0 Å². The fourth-order valence-corrected chi connectivity index (χ4v) is 4.32. The fraction of sp³-hybridized carbons (Fsp3) is 0.172.